The minimum Gasteiger partial charge on any atom is -0.311 e. The molecule has 0 amide bonds. The van der Waals surface area contributed by atoms with Gasteiger partial charge in [-0.1, -0.05) is 39.7 Å². The van der Waals surface area contributed by atoms with E-state index in [1.165, 1.54) is 63.6 Å². The number of hydrogen-bond donors (Lipinski definition) is 1. The van der Waals surface area contributed by atoms with Crippen LogP contribution in [0.2, 0.25) is 0 Å². The maximum absolute atomic E-state index is 4.22. The Labute approximate surface area is 119 Å². The molecule has 1 saturated heterocycles. The Kier molecular flexibility index (Phi) is 5.47. The van der Waals surface area contributed by atoms with Crippen molar-refractivity contribution in [3.05, 3.63) is 12.2 Å². The van der Waals surface area contributed by atoms with Crippen LogP contribution < -0.4 is 5.32 Å². The third-order valence-corrected chi connectivity index (χ3v) is 5.04. The summed E-state index contributed by atoms with van der Waals surface area (Å²) in [6.07, 6.45) is 10.3. The molecule has 2 fully saturated rings. The highest BCUT2D eigenvalue weighted by Gasteiger charge is 2.35. The van der Waals surface area contributed by atoms with Crippen molar-refractivity contribution in [2.45, 2.75) is 64.8 Å². The SMILES string of the molecule is C=C(CNC(C)C)CN1CCC2(CCCCC2)CC1. The van der Waals surface area contributed by atoms with E-state index in [1.807, 2.05) is 0 Å². The molecule has 2 heteroatoms. The smallest absolute Gasteiger partial charge is 0.0202 e. The first kappa shape index (κ1) is 15.1. The summed E-state index contributed by atoms with van der Waals surface area (Å²) in [6.45, 7) is 13.3. The molecule has 1 aliphatic carbocycles. The van der Waals surface area contributed by atoms with Gasteiger partial charge in [0, 0.05) is 19.1 Å². The quantitative estimate of drug-likeness (QED) is 0.763. The second kappa shape index (κ2) is 6.90. The highest BCUT2D eigenvalue weighted by atomic mass is 15.1. The molecule has 1 heterocycles. The van der Waals surface area contributed by atoms with E-state index in [1.54, 1.807) is 0 Å². The van der Waals surface area contributed by atoms with Crippen molar-refractivity contribution in [3.8, 4) is 0 Å². The highest BCUT2D eigenvalue weighted by molar-refractivity contribution is 5.01. The first-order valence-corrected chi connectivity index (χ1v) is 8.22. The Morgan fingerprint density at radius 3 is 2.32 bits per heavy atom. The van der Waals surface area contributed by atoms with E-state index < -0.39 is 0 Å². The normalized spacial score (nSPS) is 23.9. The number of nitrogens with zero attached hydrogens (tertiary/aromatic N) is 1. The Hall–Kier alpha value is -0.340. The predicted molar refractivity (Wildman–Crippen MR) is 83.5 cm³/mol. The van der Waals surface area contributed by atoms with Gasteiger partial charge in [-0.15, -0.1) is 0 Å². The van der Waals surface area contributed by atoms with E-state index in [2.05, 4.69) is 30.6 Å². The third kappa shape index (κ3) is 4.61. The second-order valence-electron chi connectivity index (χ2n) is 7.12. The molecule has 0 unspecified atom stereocenters. The van der Waals surface area contributed by atoms with Crippen LogP contribution >= 0.6 is 0 Å². The van der Waals surface area contributed by atoms with Gasteiger partial charge in [-0.3, -0.25) is 4.90 Å². The molecule has 2 aliphatic rings. The van der Waals surface area contributed by atoms with Gasteiger partial charge in [0.25, 0.3) is 0 Å². The van der Waals surface area contributed by atoms with Crippen LogP contribution in [-0.4, -0.2) is 37.1 Å². The Balaban J connectivity index is 1.69. The molecule has 0 atom stereocenters. The van der Waals surface area contributed by atoms with Gasteiger partial charge >= 0.3 is 0 Å². The van der Waals surface area contributed by atoms with Crippen molar-refractivity contribution >= 4 is 0 Å². The van der Waals surface area contributed by atoms with Crippen LogP contribution in [0.5, 0.6) is 0 Å². The lowest BCUT2D eigenvalue weighted by atomic mass is 9.68. The average molecular weight is 264 g/mol. The third-order valence-electron chi connectivity index (χ3n) is 5.04. The summed E-state index contributed by atoms with van der Waals surface area (Å²) in [5, 5.41) is 3.47. The molecule has 2 nitrogen and oxygen atoms in total. The zero-order valence-electron chi connectivity index (χ0n) is 13.0. The Bertz CT molecular complexity index is 280. The Morgan fingerprint density at radius 1 is 1.11 bits per heavy atom. The topological polar surface area (TPSA) is 15.3 Å². The van der Waals surface area contributed by atoms with Crippen LogP contribution in [0.15, 0.2) is 12.2 Å². The second-order valence-corrected chi connectivity index (χ2v) is 7.12. The molecule has 1 aliphatic heterocycles. The van der Waals surface area contributed by atoms with Gasteiger partial charge in [0.1, 0.15) is 0 Å². The van der Waals surface area contributed by atoms with E-state index in [0.29, 0.717) is 6.04 Å². The van der Waals surface area contributed by atoms with E-state index in [9.17, 15) is 0 Å². The van der Waals surface area contributed by atoms with Crippen molar-refractivity contribution < 1.29 is 0 Å². The van der Waals surface area contributed by atoms with Crippen molar-refractivity contribution in [3.63, 3.8) is 0 Å². The predicted octanol–water partition coefficient (Wildman–Crippen LogP) is 3.59. The van der Waals surface area contributed by atoms with Gasteiger partial charge in [-0.2, -0.15) is 0 Å². The van der Waals surface area contributed by atoms with Crippen LogP contribution in [0, 0.1) is 5.41 Å². The fraction of sp³-hybridized carbons (Fsp3) is 0.882. The van der Waals surface area contributed by atoms with Gasteiger partial charge in [-0.05, 0) is 49.8 Å². The van der Waals surface area contributed by atoms with Gasteiger partial charge in [-0.25, -0.2) is 0 Å². The lowest BCUT2D eigenvalue weighted by molar-refractivity contribution is 0.0723. The minimum absolute atomic E-state index is 0.559. The Morgan fingerprint density at radius 2 is 1.74 bits per heavy atom. The van der Waals surface area contributed by atoms with Crippen LogP contribution in [-0.2, 0) is 0 Å². The molecular weight excluding hydrogens is 232 g/mol. The maximum atomic E-state index is 4.22. The first-order chi connectivity index (χ1) is 9.10. The molecule has 19 heavy (non-hydrogen) atoms. The molecule has 0 bridgehead atoms. The van der Waals surface area contributed by atoms with E-state index in [4.69, 9.17) is 0 Å². The average Bonchev–Trinajstić information content (AvgIpc) is 2.40. The number of piperidine rings is 1. The molecule has 0 aromatic carbocycles. The minimum atomic E-state index is 0.559. The molecule has 1 saturated carbocycles. The molecular formula is C17H32N2. The van der Waals surface area contributed by atoms with Crippen LogP contribution in [0.3, 0.4) is 0 Å². The molecule has 110 valence electrons. The summed E-state index contributed by atoms with van der Waals surface area (Å²) in [6, 6.07) is 0.559. The molecule has 0 radical (unpaired) electrons. The lowest BCUT2D eigenvalue weighted by Crippen LogP contribution is -2.42. The van der Waals surface area contributed by atoms with Gasteiger partial charge in [0.15, 0.2) is 0 Å². The summed E-state index contributed by atoms with van der Waals surface area (Å²) in [5.41, 5.74) is 2.07. The van der Waals surface area contributed by atoms with Crippen molar-refractivity contribution in [1.29, 1.82) is 0 Å². The number of nitrogens with one attached hydrogen (secondary N) is 1. The number of rotatable bonds is 5. The molecule has 1 N–H and O–H groups in total. The van der Waals surface area contributed by atoms with Gasteiger partial charge in [0.05, 0.1) is 0 Å². The van der Waals surface area contributed by atoms with Crippen LogP contribution in [0.4, 0.5) is 0 Å². The van der Waals surface area contributed by atoms with Crippen molar-refractivity contribution in [1.82, 2.24) is 10.2 Å². The number of likely N-dealkylation sites (tertiary alicyclic amines) is 1. The largest absolute Gasteiger partial charge is 0.311 e. The summed E-state index contributed by atoms with van der Waals surface area (Å²) in [5.74, 6) is 0. The van der Waals surface area contributed by atoms with Crippen LogP contribution in [0.1, 0.15) is 58.8 Å². The van der Waals surface area contributed by atoms with E-state index >= 15 is 0 Å². The number of hydrogen-bond acceptors (Lipinski definition) is 2. The van der Waals surface area contributed by atoms with Crippen LogP contribution in [0.25, 0.3) is 0 Å². The lowest BCUT2D eigenvalue weighted by Gasteiger charge is -2.44. The first-order valence-electron chi connectivity index (χ1n) is 8.22. The highest BCUT2D eigenvalue weighted by Crippen LogP contribution is 2.44. The summed E-state index contributed by atoms with van der Waals surface area (Å²) in [7, 11) is 0. The summed E-state index contributed by atoms with van der Waals surface area (Å²) < 4.78 is 0. The molecule has 2 rings (SSSR count). The molecule has 1 spiro atoms. The standard InChI is InChI=1S/C17H32N2/c1-15(2)18-13-16(3)14-19-11-9-17(10-12-19)7-5-4-6-8-17/h15,18H,3-14H2,1-2H3. The fourth-order valence-electron chi connectivity index (χ4n) is 3.71. The van der Waals surface area contributed by atoms with Crippen molar-refractivity contribution in [2.24, 2.45) is 5.41 Å². The fourth-order valence-corrected chi connectivity index (χ4v) is 3.71. The summed E-state index contributed by atoms with van der Waals surface area (Å²) in [4.78, 5) is 2.62. The van der Waals surface area contributed by atoms with Crippen molar-refractivity contribution in [2.75, 3.05) is 26.2 Å². The zero-order valence-corrected chi connectivity index (χ0v) is 13.0. The molecule has 0 aromatic heterocycles. The maximum Gasteiger partial charge on any atom is 0.0202 e. The summed E-state index contributed by atoms with van der Waals surface area (Å²) >= 11 is 0. The van der Waals surface area contributed by atoms with E-state index in [-0.39, 0.29) is 0 Å². The van der Waals surface area contributed by atoms with Gasteiger partial charge < -0.3 is 5.32 Å². The molecule has 0 aromatic rings. The van der Waals surface area contributed by atoms with E-state index in [0.717, 1.165) is 18.5 Å². The monoisotopic (exact) mass is 264 g/mol. The van der Waals surface area contributed by atoms with Gasteiger partial charge in [0.2, 0.25) is 0 Å². The zero-order chi connectivity index (χ0) is 13.7.